The minimum atomic E-state index is -0.479. The predicted molar refractivity (Wildman–Crippen MR) is 63.2 cm³/mol. The van der Waals surface area contributed by atoms with Crippen molar-refractivity contribution in [2.24, 2.45) is 0 Å². The largest absolute Gasteiger partial charge is 0.466 e. The summed E-state index contributed by atoms with van der Waals surface area (Å²) >= 11 is 0. The minimum Gasteiger partial charge on any atom is -0.466 e. The fourth-order valence-electron chi connectivity index (χ4n) is 2.01. The number of nitrogens with one attached hydrogen (secondary N) is 1. The van der Waals surface area contributed by atoms with Crippen LogP contribution in [0.4, 0.5) is 0 Å². The molecule has 0 radical (unpaired) electrons. The number of carbonyl (C=O) groups excluding carboxylic acids is 2. The first-order chi connectivity index (χ1) is 8.69. The lowest BCUT2D eigenvalue weighted by Crippen LogP contribution is -3.18. The van der Waals surface area contributed by atoms with Gasteiger partial charge in [-0.2, -0.15) is 0 Å². The zero-order valence-corrected chi connectivity index (χ0v) is 11.1. The maximum atomic E-state index is 11.9. The molecule has 1 rings (SSSR count). The summed E-state index contributed by atoms with van der Waals surface area (Å²) in [5.41, 5.74) is 0. The second kappa shape index (κ2) is 8.05. The zero-order valence-electron chi connectivity index (χ0n) is 11.1. The SMILES string of the molecule is CCOC(=O)C[C@@H](C(=O)OCC)[NH+]1CCOCC1. The third-order valence-electron chi connectivity index (χ3n) is 2.88. The second-order valence-corrected chi connectivity index (χ2v) is 4.08. The van der Waals surface area contributed by atoms with E-state index in [4.69, 9.17) is 14.2 Å². The van der Waals surface area contributed by atoms with Crippen LogP contribution in [-0.2, 0) is 23.8 Å². The number of morpholine rings is 1. The Morgan fingerprint density at radius 2 is 1.78 bits per heavy atom. The van der Waals surface area contributed by atoms with Crippen LogP contribution in [0.2, 0.25) is 0 Å². The van der Waals surface area contributed by atoms with Gasteiger partial charge in [0, 0.05) is 0 Å². The van der Waals surface area contributed by atoms with Gasteiger partial charge >= 0.3 is 11.9 Å². The number of rotatable bonds is 6. The molecule has 0 aromatic carbocycles. The van der Waals surface area contributed by atoms with Crippen molar-refractivity contribution >= 4 is 11.9 Å². The van der Waals surface area contributed by atoms with Crippen molar-refractivity contribution in [2.45, 2.75) is 26.3 Å². The lowest BCUT2D eigenvalue weighted by Gasteiger charge is -2.29. The lowest BCUT2D eigenvalue weighted by molar-refractivity contribution is -0.923. The van der Waals surface area contributed by atoms with Crippen LogP contribution < -0.4 is 4.90 Å². The van der Waals surface area contributed by atoms with Crippen molar-refractivity contribution < 1.29 is 28.7 Å². The second-order valence-electron chi connectivity index (χ2n) is 4.08. The third-order valence-corrected chi connectivity index (χ3v) is 2.88. The molecule has 104 valence electrons. The molecule has 0 amide bonds. The van der Waals surface area contributed by atoms with E-state index >= 15 is 0 Å². The van der Waals surface area contributed by atoms with Gasteiger partial charge in [0.1, 0.15) is 19.5 Å². The molecule has 1 fully saturated rings. The quantitative estimate of drug-likeness (QED) is 0.607. The normalized spacial score (nSPS) is 18.1. The molecular weight excluding hydrogens is 238 g/mol. The molecule has 0 spiro atoms. The van der Waals surface area contributed by atoms with Crippen LogP contribution in [0, 0.1) is 0 Å². The highest BCUT2D eigenvalue weighted by Crippen LogP contribution is 1.97. The minimum absolute atomic E-state index is 0.0714. The molecule has 6 heteroatoms. The van der Waals surface area contributed by atoms with Crippen LogP contribution in [0.5, 0.6) is 0 Å². The van der Waals surface area contributed by atoms with Crippen molar-refractivity contribution in [3.63, 3.8) is 0 Å². The van der Waals surface area contributed by atoms with E-state index in [2.05, 4.69) is 0 Å². The molecule has 18 heavy (non-hydrogen) atoms. The van der Waals surface area contributed by atoms with E-state index < -0.39 is 6.04 Å². The monoisotopic (exact) mass is 260 g/mol. The van der Waals surface area contributed by atoms with Gasteiger partial charge < -0.3 is 19.1 Å². The van der Waals surface area contributed by atoms with Gasteiger partial charge in [-0.1, -0.05) is 0 Å². The van der Waals surface area contributed by atoms with Gasteiger partial charge in [-0.05, 0) is 13.8 Å². The van der Waals surface area contributed by atoms with Crippen molar-refractivity contribution in [1.29, 1.82) is 0 Å². The summed E-state index contributed by atoms with van der Waals surface area (Å²) in [6, 6.07) is -0.479. The highest BCUT2D eigenvalue weighted by Gasteiger charge is 2.34. The van der Waals surface area contributed by atoms with E-state index in [0.29, 0.717) is 39.5 Å². The average Bonchev–Trinajstić information content (AvgIpc) is 2.37. The maximum absolute atomic E-state index is 11.9. The van der Waals surface area contributed by atoms with Gasteiger partial charge in [0.15, 0.2) is 6.04 Å². The molecule has 0 unspecified atom stereocenters. The molecule has 1 aliphatic rings. The first-order valence-electron chi connectivity index (χ1n) is 6.43. The predicted octanol–water partition coefficient (Wildman–Crippen LogP) is -1.21. The Labute approximate surface area is 107 Å². The molecule has 0 aromatic rings. The maximum Gasteiger partial charge on any atom is 0.365 e. The Morgan fingerprint density at radius 1 is 1.17 bits per heavy atom. The van der Waals surface area contributed by atoms with Gasteiger partial charge in [-0.3, -0.25) is 4.79 Å². The summed E-state index contributed by atoms with van der Waals surface area (Å²) in [5, 5.41) is 0. The molecule has 1 atom stereocenters. The Kier molecular flexibility index (Phi) is 6.67. The summed E-state index contributed by atoms with van der Waals surface area (Å²) in [7, 11) is 0. The Morgan fingerprint density at radius 3 is 2.33 bits per heavy atom. The molecule has 0 saturated carbocycles. The van der Waals surface area contributed by atoms with Crippen LogP contribution in [0.25, 0.3) is 0 Å². The molecule has 0 bridgehead atoms. The molecule has 1 N–H and O–H groups in total. The zero-order chi connectivity index (χ0) is 13.4. The van der Waals surface area contributed by atoms with Gasteiger partial charge in [0.2, 0.25) is 0 Å². The molecular formula is C12H22NO5+. The summed E-state index contributed by atoms with van der Waals surface area (Å²) < 4.78 is 15.2. The highest BCUT2D eigenvalue weighted by molar-refractivity contribution is 5.81. The number of carbonyl (C=O) groups is 2. The lowest BCUT2D eigenvalue weighted by atomic mass is 10.1. The average molecular weight is 260 g/mol. The summed E-state index contributed by atoms with van der Waals surface area (Å²) in [6.45, 7) is 6.79. The van der Waals surface area contributed by atoms with Gasteiger partial charge in [0.25, 0.3) is 0 Å². The topological polar surface area (TPSA) is 66.3 Å². The third kappa shape index (κ3) is 4.62. The summed E-state index contributed by atoms with van der Waals surface area (Å²) in [6.07, 6.45) is 0.0714. The van der Waals surface area contributed by atoms with E-state index in [1.165, 1.54) is 0 Å². The van der Waals surface area contributed by atoms with E-state index in [9.17, 15) is 9.59 Å². The molecule has 1 aliphatic heterocycles. The fourth-order valence-corrected chi connectivity index (χ4v) is 2.01. The van der Waals surface area contributed by atoms with Crippen LogP contribution in [0.15, 0.2) is 0 Å². The van der Waals surface area contributed by atoms with Gasteiger partial charge in [-0.25, -0.2) is 4.79 Å². The number of hydrogen-bond acceptors (Lipinski definition) is 5. The van der Waals surface area contributed by atoms with Crippen LogP contribution in [0.1, 0.15) is 20.3 Å². The van der Waals surface area contributed by atoms with E-state index in [1.54, 1.807) is 13.8 Å². The van der Waals surface area contributed by atoms with E-state index in [0.717, 1.165) is 4.90 Å². The molecule has 6 nitrogen and oxygen atoms in total. The first-order valence-corrected chi connectivity index (χ1v) is 6.43. The standard InChI is InChI=1S/C12H21NO5/c1-3-17-11(14)9-10(12(15)18-4-2)13-5-7-16-8-6-13/h10H,3-9H2,1-2H3/p+1/t10-/m0/s1. The number of quaternary nitrogens is 1. The molecule has 1 heterocycles. The number of hydrogen-bond donors (Lipinski definition) is 1. The highest BCUT2D eigenvalue weighted by atomic mass is 16.5. The Bertz CT molecular complexity index is 276. The molecule has 1 saturated heterocycles. The Hall–Kier alpha value is -1.14. The van der Waals surface area contributed by atoms with E-state index in [1.807, 2.05) is 0 Å². The van der Waals surface area contributed by atoms with Crippen LogP contribution in [0.3, 0.4) is 0 Å². The fraction of sp³-hybridized carbons (Fsp3) is 0.833. The van der Waals surface area contributed by atoms with E-state index in [-0.39, 0.29) is 18.4 Å². The number of ether oxygens (including phenoxy) is 3. The molecule has 0 aliphatic carbocycles. The van der Waals surface area contributed by atoms with Gasteiger partial charge in [-0.15, -0.1) is 0 Å². The van der Waals surface area contributed by atoms with Crippen molar-refractivity contribution in [3.8, 4) is 0 Å². The number of esters is 2. The van der Waals surface area contributed by atoms with Crippen molar-refractivity contribution in [2.75, 3.05) is 39.5 Å². The molecule has 0 aromatic heterocycles. The summed E-state index contributed by atoms with van der Waals surface area (Å²) in [4.78, 5) is 24.5. The van der Waals surface area contributed by atoms with Crippen molar-refractivity contribution in [1.82, 2.24) is 0 Å². The Balaban J connectivity index is 2.61. The summed E-state index contributed by atoms with van der Waals surface area (Å²) in [5.74, 6) is -0.683. The van der Waals surface area contributed by atoms with Crippen LogP contribution >= 0.6 is 0 Å². The van der Waals surface area contributed by atoms with Gasteiger partial charge in [0.05, 0.1) is 26.4 Å². The smallest absolute Gasteiger partial charge is 0.365 e. The first kappa shape index (κ1) is 14.9. The van der Waals surface area contributed by atoms with Crippen LogP contribution in [-0.4, -0.2) is 57.5 Å². The van der Waals surface area contributed by atoms with Crippen molar-refractivity contribution in [3.05, 3.63) is 0 Å².